The number of hydrogen-bond donors (Lipinski definition) is 2. The fourth-order valence-electron chi connectivity index (χ4n) is 3.21. The molecule has 1 atom stereocenters. The number of rotatable bonds is 7. The molecule has 0 saturated carbocycles. The highest BCUT2D eigenvalue weighted by atomic mass is 32.2. The van der Waals surface area contributed by atoms with Crippen molar-refractivity contribution in [3.05, 3.63) is 52.9 Å². The third kappa shape index (κ3) is 4.43. The Kier molecular flexibility index (Phi) is 6.48. The summed E-state index contributed by atoms with van der Waals surface area (Å²) in [7, 11) is -3.66. The van der Waals surface area contributed by atoms with Crippen molar-refractivity contribution < 1.29 is 18.0 Å². The van der Waals surface area contributed by atoms with Crippen LogP contribution in [0.4, 0.5) is 0 Å². The molecular formula is C19H23N3O4S2. The van der Waals surface area contributed by atoms with Crippen LogP contribution in [-0.2, 0) is 21.4 Å². The molecule has 2 heterocycles. The number of nitrogens with one attached hydrogen (secondary N) is 2. The molecule has 2 aromatic rings. The van der Waals surface area contributed by atoms with E-state index in [1.807, 2.05) is 13.0 Å². The van der Waals surface area contributed by atoms with Gasteiger partial charge in [0.05, 0.1) is 0 Å². The lowest BCUT2D eigenvalue weighted by molar-refractivity contribution is -0.124. The summed E-state index contributed by atoms with van der Waals surface area (Å²) in [5.41, 5.74) is 1.30. The average Bonchev–Trinajstić information content (AvgIpc) is 3.38. The van der Waals surface area contributed by atoms with Crippen LogP contribution in [0.2, 0.25) is 0 Å². The standard InChI is InChI=1S/C19H23N3O4S2/c1-2-20-18(23)15-7-3-6-14(12-15)13-21-19(24)16-8-4-10-22(16)28(25,26)17-9-5-11-27-17/h3,5-7,9,11-12,16H,2,4,8,10,13H2,1H3,(H,20,23)(H,21,24)/t16-/m0/s1. The third-order valence-corrected chi connectivity index (χ3v) is 7.84. The summed E-state index contributed by atoms with van der Waals surface area (Å²) >= 11 is 1.15. The van der Waals surface area contributed by atoms with E-state index in [4.69, 9.17) is 0 Å². The summed E-state index contributed by atoms with van der Waals surface area (Å²) in [6.07, 6.45) is 1.14. The zero-order valence-corrected chi connectivity index (χ0v) is 17.2. The molecule has 1 saturated heterocycles. The summed E-state index contributed by atoms with van der Waals surface area (Å²) in [5.74, 6) is -0.485. The molecule has 9 heteroatoms. The van der Waals surface area contributed by atoms with E-state index >= 15 is 0 Å². The molecule has 2 amide bonds. The molecule has 3 rings (SSSR count). The molecule has 1 aromatic heterocycles. The number of nitrogens with zero attached hydrogens (tertiary/aromatic N) is 1. The average molecular weight is 422 g/mol. The first kappa shape index (κ1) is 20.5. The SMILES string of the molecule is CCNC(=O)c1cccc(CNC(=O)[C@@H]2CCCN2S(=O)(=O)c2cccs2)c1. The summed E-state index contributed by atoms with van der Waals surface area (Å²) in [5, 5.41) is 7.26. The monoisotopic (exact) mass is 421 g/mol. The van der Waals surface area contributed by atoms with Gasteiger partial charge in [-0.1, -0.05) is 18.2 Å². The molecule has 0 aliphatic carbocycles. The van der Waals surface area contributed by atoms with Gasteiger partial charge in [-0.25, -0.2) is 8.42 Å². The van der Waals surface area contributed by atoms with Gasteiger partial charge >= 0.3 is 0 Å². The van der Waals surface area contributed by atoms with Gasteiger partial charge in [-0.05, 0) is 48.9 Å². The van der Waals surface area contributed by atoms with Gasteiger partial charge in [0.2, 0.25) is 5.91 Å². The lowest BCUT2D eigenvalue weighted by atomic mass is 10.1. The van der Waals surface area contributed by atoms with Gasteiger partial charge in [0.1, 0.15) is 10.3 Å². The lowest BCUT2D eigenvalue weighted by Gasteiger charge is -2.22. The van der Waals surface area contributed by atoms with Crippen LogP contribution in [-0.4, -0.2) is 43.7 Å². The normalized spacial score (nSPS) is 17.4. The number of thiophene rings is 1. The second kappa shape index (κ2) is 8.85. The molecule has 0 radical (unpaired) electrons. The predicted molar refractivity (Wildman–Crippen MR) is 108 cm³/mol. The highest BCUT2D eigenvalue weighted by molar-refractivity contribution is 7.91. The van der Waals surface area contributed by atoms with Crippen LogP contribution in [0.1, 0.15) is 35.7 Å². The van der Waals surface area contributed by atoms with Gasteiger partial charge in [0.25, 0.3) is 15.9 Å². The minimum Gasteiger partial charge on any atom is -0.352 e. The summed E-state index contributed by atoms with van der Waals surface area (Å²) in [6.45, 7) is 2.95. The van der Waals surface area contributed by atoms with Crippen molar-refractivity contribution in [2.45, 2.75) is 36.6 Å². The maximum absolute atomic E-state index is 12.8. The van der Waals surface area contributed by atoms with Crippen molar-refractivity contribution in [3.63, 3.8) is 0 Å². The Hall–Kier alpha value is -2.23. The van der Waals surface area contributed by atoms with E-state index in [1.54, 1.807) is 35.7 Å². The van der Waals surface area contributed by atoms with Crippen LogP contribution in [0.25, 0.3) is 0 Å². The quantitative estimate of drug-likeness (QED) is 0.714. The predicted octanol–water partition coefficient (Wildman–Crippen LogP) is 1.97. The Morgan fingerprint density at radius 2 is 2.04 bits per heavy atom. The van der Waals surface area contributed by atoms with E-state index in [9.17, 15) is 18.0 Å². The number of carbonyl (C=O) groups excluding carboxylic acids is 2. The van der Waals surface area contributed by atoms with Gasteiger partial charge in [-0.15, -0.1) is 11.3 Å². The first-order chi connectivity index (χ1) is 13.4. The van der Waals surface area contributed by atoms with Crippen molar-refractivity contribution >= 4 is 33.2 Å². The second-order valence-electron chi connectivity index (χ2n) is 6.48. The maximum Gasteiger partial charge on any atom is 0.253 e. The molecule has 0 unspecified atom stereocenters. The Morgan fingerprint density at radius 1 is 1.21 bits per heavy atom. The number of hydrogen-bond acceptors (Lipinski definition) is 5. The highest BCUT2D eigenvalue weighted by Crippen LogP contribution is 2.28. The number of carbonyl (C=O) groups is 2. The Balaban J connectivity index is 1.66. The molecule has 1 aliphatic rings. The maximum atomic E-state index is 12.8. The van der Waals surface area contributed by atoms with Crippen LogP contribution in [0, 0.1) is 0 Å². The van der Waals surface area contributed by atoms with E-state index in [0.29, 0.717) is 31.5 Å². The smallest absolute Gasteiger partial charge is 0.253 e. The Morgan fingerprint density at radius 3 is 2.75 bits per heavy atom. The van der Waals surface area contributed by atoms with Gasteiger partial charge in [-0.3, -0.25) is 9.59 Å². The van der Waals surface area contributed by atoms with Crippen LogP contribution >= 0.6 is 11.3 Å². The molecule has 7 nitrogen and oxygen atoms in total. The largest absolute Gasteiger partial charge is 0.352 e. The van der Waals surface area contributed by atoms with Crippen molar-refractivity contribution in [1.82, 2.24) is 14.9 Å². The zero-order chi connectivity index (χ0) is 20.1. The molecule has 2 N–H and O–H groups in total. The van der Waals surface area contributed by atoms with Crippen molar-refractivity contribution in [1.29, 1.82) is 0 Å². The molecule has 1 aromatic carbocycles. The molecule has 0 spiro atoms. The fourth-order valence-corrected chi connectivity index (χ4v) is 5.98. The first-order valence-corrected chi connectivity index (χ1v) is 11.5. The fraction of sp³-hybridized carbons (Fsp3) is 0.368. The van der Waals surface area contributed by atoms with Crippen molar-refractivity contribution in [3.8, 4) is 0 Å². The summed E-state index contributed by atoms with van der Waals surface area (Å²) in [4.78, 5) is 24.6. The molecule has 150 valence electrons. The Bertz CT molecular complexity index is 942. The van der Waals surface area contributed by atoms with E-state index in [2.05, 4.69) is 10.6 Å². The van der Waals surface area contributed by atoms with Gasteiger partial charge < -0.3 is 10.6 Å². The summed E-state index contributed by atoms with van der Waals surface area (Å²) in [6, 6.07) is 9.54. The van der Waals surface area contributed by atoms with E-state index in [0.717, 1.165) is 16.9 Å². The van der Waals surface area contributed by atoms with Crippen LogP contribution in [0.3, 0.4) is 0 Å². The first-order valence-electron chi connectivity index (χ1n) is 9.13. The lowest BCUT2D eigenvalue weighted by Crippen LogP contribution is -2.45. The van der Waals surface area contributed by atoms with E-state index in [-0.39, 0.29) is 22.6 Å². The van der Waals surface area contributed by atoms with Gasteiger partial charge in [0, 0.05) is 25.2 Å². The molecular weight excluding hydrogens is 398 g/mol. The van der Waals surface area contributed by atoms with Gasteiger partial charge in [0.15, 0.2) is 0 Å². The molecule has 28 heavy (non-hydrogen) atoms. The van der Waals surface area contributed by atoms with Crippen molar-refractivity contribution in [2.75, 3.05) is 13.1 Å². The second-order valence-corrected chi connectivity index (χ2v) is 9.55. The highest BCUT2D eigenvalue weighted by Gasteiger charge is 2.39. The van der Waals surface area contributed by atoms with Crippen LogP contribution < -0.4 is 10.6 Å². The van der Waals surface area contributed by atoms with E-state index < -0.39 is 16.1 Å². The van der Waals surface area contributed by atoms with Crippen molar-refractivity contribution in [2.24, 2.45) is 0 Å². The zero-order valence-electron chi connectivity index (χ0n) is 15.6. The third-order valence-electron chi connectivity index (χ3n) is 4.56. The Labute approximate surface area is 168 Å². The van der Waals surface area contributed by atoms with Gasteiger partial charge in [-0.2, -0.15) is 4.31 Å². The topological polar surface area (TPSA) is 95.6 Å². The van der Waals surface area contributed by atoms with Crippen LogP contribution in [0.15, 0.2) is 46.0 Å². The summed E-state index contributed by atoms with van der Waals surface area (Å²) < 4.78 is 27.1. The molecule has 0 bridgehead atoms. The van der Waals surface area contributed by atoms with Crippen LogP contribution in [0.5, 0.6) is 0 Å². The molecule has 1 aliphatic heterocycles. The minimum absolute atomic E-state index is 0.167. The van der Waals surface area contributed by atoms with E-state index in [1.165, 1.54) is 4.31 Å². The molecule has 1 fully saturated rings. The number of sulfonamides is 1. The number of benzene rings is 1. The number of amides is 2. The minimum atomic E-state index is -3.66.